The van der Waals surface area contributed by atoms with Crippen molar-refractivity contribution < 1.29 is 23.4 Å². The number of halogens is 2. The molecule has 2 rings (SSSR count). The Hall–Kier alpha value is -3.34. The number of nitrogens with zero attached hydrogens (tertiary/aromatic N) is 1. The monoisotopic (exact) mass is 333 g/mol. The number of nitrogens with one attached hydrogen (secondary N) is 2. The fourth-order valence-electron chi connectivity index (χ4n) is 1.96. The Bertz CT molecular complexity index is 804. The highest BCUT2D eigenvalue weighted by Crippen LogP contribution is 2.28. The number of aryl methyl sites for hydroxylation is 1. The maximum absolute atomic E-state index is 12.4. The van der Waals surface area contributed by atoms with Gasteiger partial charge in [0.05, 0.1) is 17.3 Å². The fourth-order valence-corrected chi connectivity index (χ4v) is 1.96. The molecular formula is C16H13F2N3O3. The number of nitriles is 1. The third-order valence-electron chi connectivity index (χ3n) is 3.03. The van der Waals surface area contributed by atoms with E-state index >= 15 is 0 Å². The van der Waals surface area contributed by atoms with Gasteiger partial charge in [-0.15, -0.1) is 0 Å². The molecule has 0 saturated carbocycles. The number of aromatic hydroxyl groups is 1. The van der Waals surface area contributed by atoms with Crippen molar-refractivity contribution in [1.29, 1.82) is 5.26 Å². The number of urea groups is 1. The zero-order valence-corrected chi connectivity index (χ0v) is 12.5. The predicted octanol–water partition coefficient (Wildman–Crippen LogP) is 3.82. The topological polar surface area (TPSA) is 94.4 Å². The van der Waals surface area contributed by atoms with Crippen LogP contribution in [0.15, 0.2) is 36.4 Å². The van der Waals surface area contributed by atoms with E-state index in [9.17, 15) is 18.7 Å². The zero-order chi connectivity index (χ0) is 17.7. The highest BCUT2D eigenvalue weighted by molar-refractivity contribution is 6.01. The van der Waals surface area contributed by atoms with Crippen molar-refractivity contribution in [3.63, 3.8) is 0 Å². The number of hydrogen-bond donors (Lipinski definition) is 3. The van der Waals surface area contributed by atoms with E-state index in [-0.39, 0.29) is 22.7 Å². The lowest BCUT2D eigenvalue weighted by atomic mass is 10.2. The molecule has 24 heavy (non-hydrogen) atoms. The van der Waals surface area contributed by atoms with Crippen molar-refractivity contribution >= 4 is 17.4 Å². The second-order valence-corrected chi connectivity index (χ2v) is 4.78. The molecule has 8 heteroatoms. The first kappa shape index (κ1) is 17.0. The first-order valence-electron chi connectivity index (χ1n) is 6.75. The minimum Gasteiger partial charge on any atom is -0.508 e. The van der Waals surface area contributed by atoms with Gasteiger partial charge in [0.1, 0.15) is 11.5 Å². The summed E-state index contributed by atoms with van der Waals surface area (Å²) in [4.78, 5) is 12.0. The third kappa shape index (κ3) is 4.33. The van der Waals surface area contributed by atoms with Crippen LogP contribution in [-0.2, 0) is 0 Å². The summed E-state index contributed by atoms with van der Waals surface area (Å²) in [5.74, 6) is -0.214. The summed E-state index contributed by atoms with van der Waals surface area (Å²) in [6.07, 6.45) is 0. The number of carbonyl (C=O) groups excluding carboxylic acids is 1. The van der Waals surface area contributed by atoms with E-state index in [0.717, 1.165) is 0 Å². The molecule has 0 saturated heterocycles. The van der Waals surface area contributed by atoms with Gasteiger partial charge in [0.25, 0.3) is 0 Å². The van der Waals surface area contributed by atoms with Gasteiger partial charge in [-0.1, -0.05) is 0 Å². The molecular weight excluding hydrogens is 320 g/mol. The minimum absolute atomic E-state index is 0.0489. The van der Waals surface area contributed by atoms with Gasteiger partial charge in [-0.25, -0.2) is 4.79 Å². The van der Waals surface area contributed by atoms with Crippen LogP contribution in [-0.4, -0.2) is 17.7 Å². The minimum atomic E-state index is -3.07. The third-order valence-corrected chi connectivity index (χ3v) is 3.03. The highest BCUT2D eigenvalue weighted by atomic mass is 19.3. The van der Waals surface area contributed by atoms with E-state index in [4.69, 9.17) is 5.26 Å². The maximum Gasteiger partial charge on any atom is 0.387 e. The Morgan fingerprint density at radius 3 is 2.54 bits per heavy atom. The van der Waals surface area contributed by atoms with Crippen LogP contribution in [0.3, 0.4) is 0 Å². The zero-order valence-electron chi connectivity index (χ0n) is 12.5. The van der Waals surface area contributed by atoms with Gasteiger partial charge in [-0.3, -0.25) is 0 Å². The van der Waals surface area contributed by atoms with Crippen LogP contribution in [0.2, 0.25) is 0 Å². The van der Waals surface area contributed by atoms with Crippen LogP contribution in [0, 0.1) is 18.3 Å². The molecule has 0 aliphatic heterocycles. The number of anilines is 2. The standard InChI is InChI=1S/C16H13F2N3O3/c1-9-6-11(22)3-4-12(9)20-16(23)21-13-7-10(8-19)2-5-14(13)24-15(17)18/h2-7,15,22H,1H3,(H2,20,21,23). The molecule has 2 amide bonds. The lowest BCUT2D eigenvalue weighted by Gasteiger charge is -2.14. The normalized spacial score (nSPS) is 10.1. The summed E-state index contributed by atoms with van der Waals surface area (Å²) in [6, 6.07) is 9.17. The summed E-state index contributed by atoms with van der Waals surface area (Å²) >= 11 is 0. The van der Waals surface area contributed by atoms with Crippen LogP contribution in [0.5, 0.6) is 11.5 Å². The molecule has 0 radical (unpaired) electrons. The van der Waals surface area contributed by atoms with Gasteiger partial charge in [0, 0.05) is 5.69 Å². The highest BCUT2D eigenvalue weighted by Gasteiger charge is 2.13. The molecule has 0 heterocycles. The lowest BCUT2D eigenvalue weighted by Crippen LogP contribution is -2.20. The van der Waals surface area contributed by atoms with Gasteiger partial charge >= 0.3 is 12.6 Å². The van der Waals surface area contributed by atoms with Gasteiger partial charge < -0.3 is 20.5 Å². The van der Waals surface area contributed by atoms with E-state index in [0.29, 0.717) is 11.3 Å². The van der Waals surface area contributed by atoms with E-state index in [1.54, 1.807) is 6.92 Å². The van der Waals surface area contributed by atoms with Crippen LogP contribution in [0.1, 0.15) is 11.1 Å². The molecule has 0 aromatic heterocycles. The number of ether oxygens (including phenoxy) is 1. The molecule has 0 spiro atoms. The van der Waals surface area contributed by atoms with Crippen LogP contribution in [0.25, 0.3) is 0 Å². The molecule has 2 aromatic rings. The number of phenols is 1. The first-order valence-corrected chi connectivity index (χ1v) is 6.75. The molecule has 0 aliphatic rings. The molecule has 0 unspecified atom stereocenters. The van der Waals surface area contributed by atoms with Crippen LogP contribution < -0.4 is 15.4 Å². The number of benzene rings is 2. The molecule has 124 valence electrons. The molecule has 6 nitrogen and oxygen atoms in total. The van der Waals surface area contributed by atoms with E-state index in [1.165, 1.54) is 36.4 Å². The van der Waals surface area contributed by atoms with Crippen molar-refractivity contribution in [2.45, 2.75) is 13.5 Å². The smallest absolute Gasteiger partial charge is 0.387 e. The van der Waals surface area contributed by atoms with E-state index in [1.807, 2.05) is 6.07 Å². The number of amides is 2. The second-order valence-electron chi connectivity index (χ2n) is 4.78. The van der Waals surface area contributed by atoms with Crippen molar-refractivity contribution in [1.82, 2.24) is 0 Å². The SMILES string of the molecule is Cc1cc(O)ccc1NC(=O)Nc1cc(C#N)ccc1OC(F)F. The van der Waals surface area contributed by atoms with Crippen molar-refractivity contribution in [3.8, 4) is 17.6 Å². The van der Waals surface area contributed by atoms with Gasteiger partial charge in [0.2, 0.25) is 0 Å². The Labute approximate surface area is 136 Å². The molecule has 2 aromatic carbocycles. The van der Waals surface area contributed by atoms with Crippen molar-refractivity contribution in [3.05, 3.63) is 47.5 Å². The molecule has 3 N–H and O–H groups in total. The predicted molar refractivity (Wildman–Crippen MR) is 83.3 cm³/mol. The summed E-state index contributed by atoms with van der Waals surface area (Å²) < 4.78 is 29.2. The number of alkyl halides is 2. The molecule has 0 bridgehead atoms. The summed E-state index contributed by atoms with van der Waals surface area (Å²) in [7, 11) is 0. The molecule has 0 atom stereocenters. The van der Waals surface area contributed by atoms with Crippen LogP contribution >= 0.6 is 0 Å². The Morgan fingerprint density at radius 2 is 1.92 bits per heavy atom. The fraction of sp³-hybridized carbons (Fsp3) is 0.125. The van der Waals surface area contributed by atoms with Crippen molar-refractivity contribution in [2.75, 3.05) is 10.6 Å². The largest absolute Gasteiger partial charge is 0.508 e. The molecule has 0 aliphatic carbocycles. The van der Waals surface area contributed by atoms with Crippen LogP contribution in [0.4, 0.5) is 25.0 Å². The van der Waals surface area contributed by atoms with Gasteiger partial charge in [-0.2, -0.15) is 14.0 Å². The summed E-state index contributed by atoms with van der Waals surface area (Å²) in [5, 5.41) is 23.1. The van der Waals surface area contributed by atoms with Gasteiger partial charge in [0.15, 0.2) is 0 Å². The number of carbonyl (C=O) groups is 1. The van der Waals surface area contributed by atoms with Crippen molar-refractivity contribution in [2.24, 2.45) is 0 Å². The average Bonchev–Trinajstić information content (AvgIpc) is 2.51. The van der Waals surface area contributed by atoms with E-state index < -0.39 is 12.6 Å². The molecule has 0 fully saturated rings. The summed E-state index contributed by atoms with van der Waals surface area (Å²) in [6.45, 7) is -1.39. The quantitative estimate of drug-likeness (QED) is 0.741. The Kier molecular flexibility index (Phi) is 5.16. The summed E-state index contributed by atoms with van der Waals surface area (Å²) in [5.41, 5.74) is 1.15. The average molecular weight is 333 g/mol. The van der Waals surface area contributed by atoms with Gasteiger partial charge in [-0.05, 0) is 48.9 Å². The number of hydrogen-bond acceptors (Lipinski definition) is 4. The number of rotatable bonds is 4. The second kappa shape index (κ2) is 7.28. The lowest BCUT2D eigenvalue weighted by molar-refractivity contribution is -0.0493. The Morgan fingerprint density at radius 1 is 1.21 bits per heavy atom. The first-order chi connectivity index (χ1) is 11.4. The Balaban J connectivity index is 2.19. The number of phenolic OH excluding ortho intramolecular Hbond substituents is 1. The maximum atomic E-state index is 12.4. The van der Waals surface area contributed by atoms with E-state index in [2.05, 4.69) is 15.4 Å².